The van der Waals surface area contributed by atoms with E-state index in [1.807, 2.05) is 0 Å². The Kier molecular flexibility index (Phi) is 3.65. The van der Waals surface area contributed by atoms with Gasteiger partial charge in [-0.1, -0.05) is 0 Å². The van der Waals surface area contributed by atoms with E-state index in [-0.39, 0.29) is 0 Å². The van der Waals surface area contributed by atoms with Crippen molar-refractivity contribution in [1.29, 1.82) is 0 Å². The zero-order valence-electron chi connectivity index (χ0n) is 11.9. The van der Waals surface area contributed by atoms with Crippen molar-refractivity contribution in [3.8, 4) is 11.5 Å². The monoisotopic (exact) mass is 261 g/mol. The summed E-state index contributed by atoms with van der Waals surface area (Å²) in [5, 5.41) is 3.40. The van der Waals surface area contributed by atoms with Gasteiger partial charge in [0.2, 0.25) is 6.79 Å². The lowest BCUT2D eigenvalue weighted by Crippen LogP contribution is -2.30. The largest absolute Gasteiger partial charge is 0.454 e. The van der Waals surface area contributed by atoms with E-state index in [1.165, 1.54) is 43.2 Å². The molecular formula is C16H23NO2. The summed E-state index contributed by atoms with van der Waals surface area (Å²) in [5.41, 5.74) is 2.76. The molecule has 0 spiro atoms. The van der Waals surface area contributed by atoms with Crippen LogP contribution in [0.1, 0.15) is 36.8 Å². The van der Waals surface area contributed by atoms with Crippen molar-refractivity contribution >= 4 is 0 Å². The maximum atomic E-state index is 5.49. The van der Waals surface area contributed by atoms with E-state index < -0.39 is 0 Å². The molecule has 3 rings (SSSR count). The van der Waals surface area contributed by atoms with Crippen LogP contribution in [-0.4, -0.2) is 19.9 Å². The van der Waals surface area contributed by atoms with Gasteiger partial charge in [0, 0.05) is 6.04 Å². The fraction of sp³-hybridized carbons (Fsp3) is 0.625. The van der Waals surface area contributed by atoms with Gasteiger partial charge in [0.15, 0.2) is 11.5 Å². The smallest absolute Gasteiger partial charge is 0.231 e. The van der Waals surface area contributed by atoms with Gasteiger partial charge < -0.3 is 14.8 Å². The minimum atomic E-state index is 0.367. The number of rotatable bonds is 3. The highest BCUT2D eigenvalue weighted by atomic mass is 16.7. The van der Waals surface area contributed by atoms with Gasteiger partial charge in [-0.2, -0.15) is 0 Å². The molecule has 1 aliphatic heterocycles. The summed E-state index contributed by atoms with van der Waals surface area (Å²) in [5.74, 6) is 2.65. The van der Waals surface area contributed by atoms with Crippen molar-refractivity contribution in [2.24, 2.45) is 5.92 Å². The standard InChI is InChI=1S/C16H23NO2/c1-11-7-15-16(19-10-18-15)9-13(11)8-12-3-5-14(17-2)6-4-12/h7,9,12,14,17H,3-6,8,10H2,1-2H3. The van der Waals surface area contributed by atoms with E-state index in [0.29, 0.717) is 6.79 Å². The van der Waals surface area contributed by atoms with Gasteiger partial charge in [0.25, 0.3) is 0 Å². The molecule has 104 valence electrons. The molecule has 0 radical (unpaired) electrons. The molecule has 1 saturated carbocycles. The third-order valence-corrected chi connectivity index (χ3v) is 4.59. The summed E-state index contributed by atoms with van der Waals surface area (Å²) in [6.45, 7) is 2.54. The van der Waals surface area contributed by atoms with Gasteiger partial charge in [-0.05, 0) is 75.3 Å². The van der Waals surface area contributed by atoms with E-state index in [0.717, 1.165) is 23.5 Å². The van der Waals surface area contributed by atoms with Crippen LogP contribution in [0.5, 0.6) is 11.5 Å². The maximum absolute atomic E-state index is 5.49. The van der Waals surface area contributed by atoms with E-state index in [1.54, 1.807) is 0 Å². The second-order valence-corrected chi connectivity index (χ2v) is 5.84. The molecule has 0 amide bonds. The summed E-state index contributed by atoms with van der Waals surface area (Å²) in [6.07, 6.45) is 6.47. The van der Waals surface area contributed by atoms with Crippen LogP contribution in [0.3, 0.4) is 0 Å². The summed E-state index contributed by atoms with van der Waals surface area (Å²) in [4.78, 5) is 0. The average molecular weight is 261 g/mol. The topological polar surface area (TPSA) is 30.5 Å². The van der Waals surface area contributed by atoms with Gasteiger partial charge in [-0.25, -0.2) is 0 Å². The Hall–Kier alpha value is -1.22. The molecular weight excluding hydrogens is 238 g/mol. The predicted octanol–water partition coefficient (Wildman–Crippen LogP) is 3.04. The Morgan fingerprint density at radius 3 is 2.47 bits per heavy atom. The van der Waals surface area contributed by atoms with E-state index in [9.17, 15) is 0 Å². The summed E-state index contributed by atoms with van der Waals surface area (Å²) in [7, 11) is 2.08. The average Bonchev–Trinajstić information content (AvgIpc) is 2.87. The number of hydrogen-bond donors (Lipinski definition) is 1. The molecule has 0 saturated heterocycles. The molecule has 0 aromatic heterocycles. The Labute approximate surface area is 115 Å². The van der Waals surface area contributed by atoms with Crippen LogP contribution >= 0.6 is 0 Å². The zero-order chi connectivity index (χ0) is 13.2. The Morgan fingerprint density at radius 2 is 1.79 bits per heavy atom. The van der Waals surface area contributed by atoms with Crippen molar-refractivity contribution in [3.05, 3.63) is 23.3 Å². The predicted molar refractivity (Wildman–Crippen MR) is 75.8 cm³/mol. The SMILES string of the molecule is CNC1CCC(Cc2cc3c(cc2C)OCO3)CC1. The van der Waals surface area contributed by atoms with Crippen molar-refractivity contribution < 1.29 is 9.47 Å². The third kappa shape index (κ3) is 2.71. The summed E-state index contributed by atoms with van der Waals surface area (Å²) < 4.78 is 10.9. The van der Waals surface area contributed by atoms with Crippen molar-refractivity contribution in [2.75, 3.05) is 13.8 Å². The highest BCUT2D eigenvalue weighted by molar-refractivity contribution is 5.48. The Balaban J connectivity index is 1.67. The highest BCUT2D eigenvalue weighted by Gasteiger charge is 2.22. The maximum Gasteiger partial charge on any atom is 0.231 e. The van der Waals surface area contributed by atoms with Gasteiger partial charge in [-0.15, -0.1) is 0 Å². The van der Waals surface area contributed by atoms with Crippen LogP contribution in [0.2, 0.25) is 0 Å². The van der Waals surface area contributed by atoms with Crippen molar-refractivity contribution in [2.45, 2.75) is 45.1 Å². The van der Waals surface area contributed by atoms with Crippen LogP contribution in [0.25, 0.3) is 0 Å². The minimum Gasteiger partial charge on any atom is -0.454 e. The second-order valence-electron chi connectivity index (χ2n) is 5.84. The number of hydrogen-bond acceptors (Lipinski definition) is 3. The Morgan fingerprint density at radius 1 is 1.11 bits per heavy atom. The zero-order valence-corrected chi connectivity index (χ0v) is 11.9. The molecule has 1 aromatic rings. The van der Waals surface area contributed by atoms with Crippen LogP contribution in [0.4, 0.5) is 0 Å². The molecule has 1 N–H and O–H groups in total. The fourth-order valence-corrected chi connectivity index (χ4v) is 3.27. The number of nitrogens with one attached hydrogen (secondary N) is 1. The lowest BCUT2D eigenvalue weighted by Gasteiger charge is -2.28. The fourth-order valence-electron chi connectivity index (χ4n) is 3.27. The molecule has 3 nitrogen and oxygen atoms in total. The quantitative estimate of drug-likeness (QED) is 0.907. The molecule has 19 heavy (non-hydrogen) atoms. The third-order valence-electron chi connectivity index (χ3n) is 4.59. The van der Waals surface area contributed by atoms with Crippen LogP contribution in [-0.2, 0) is 6.42 Å². The second kappa shape index (κ2) is 5.41. The van der Waals surface area contributed by atoms with Crippen LogP contribution in [0, 0.1) is 12.8 Å². The number of aryl methyl sites for hydroxylation is 1. The van der Waals surface area contributed by atoms with Gasteiger partial charge in [-0.3, -0.25) is 0 Å². The molecule has 1 fully saturated rings. The summed E-state index contributed by atoms with van der Waals surface area (Å²) >= 11 is 0. The van der Waals surface area contributed by atoms with Crippen LogP contribution < -0.4 is 14.8 Å². The molecule has 0 atom stereocenters. The first kappa shape index (κ1) is 12.8. The molecule has 2 aliphatic rings. The van der Waals surface area contributed by atoms with Crippen molar-refractivity contribution in [1.82, 2.24) is 5.32 Å². The lowest BCUT2D eigenvalue weighted by molar-refractivity contribution is 0.174. The van der Waals surface area contributed by atoms with Gasteiger partial charge in [0.1, 0.15) is 0 Å². The van der Waals surface area contributed by atoms with Crippen LogP contribution in [0.15, 0.2) is 12.1 Å². The van der Waals surface area contributed by atoms with Gasteiger partial charge in [0.05, 0.1) is 0 Å². The Bertz CT molecular complexity index is 450. The number of benzene rings is 1. The number of ether oxygens (including phenoxy) is 2. The van der Waals surface area contributed by atoms with E-state index in [4.69, 9.17) is 9.47 Å². The normalized spacial score (nSPS) is 25.6. The van der Waals surface area contributed by atoms with Crippen molar-refractivity contribution in [3.63, 3.8) is 0 Å². The van der Waals surface area contributed by atoms with E-state index in [2.05, 4.69) is 31.4 Å². The minimum absolute atomic E-state index is 0.367. The first-order chi connectivity index (χ1) is 9.26. The molecule has 0 bridgehead atoms. The summed E-state index contributed by atoms with van der Waals surface area (Å²) in [6, 6.07) is 5.03. The molecule has 1 aromatic carbocycles. The molecule has 3 heteroatoms. The first-order valence-corrected chi connectivity index (χ1v) is 7.32. The molecule has 0 unspecified atom stereocenters. The number of fused-ring (bicyclic) bond motifs is 1. The van der Waals surface area contributed by atoms with E-state index >= 15 is 0 Å². The highest BCUT2D eigenvalue weighted by Crippen LogP contribution is 2.36. The first-order valence-electron chi connectivity index (χ1n) is 7.32. The molecule has 1 aliphatic carbocycles. The van der Waals surface area contributed by atoms with Gasteiger partial charge >= 0.3 is 0 Å². The lowest BCUT2D eigenvalue weighted by atomic mass is 9.81. The molecule has 1 heterocycles.